The number of fused-ring (bicyclic) bond motifs is 2. The Morgan fingerprint density at radius 1 is 1.31 bits per heavy atom. The fourth-order valence-electron chi connectivity index (χ4n) is 2.85. The molecule has 3 aromatic heterocycles. The number of rotatable bonds is 3. The van der Waals surface area contributed by atoms with Crippen LogP contribution in [0, 0.1) is 6.92 Å². The van der Waals surface area contributed by atoms with Gasteiger partial charge in [0.25, 0.3) is 0 Å². The van der Waals surface area contributed by atoms with Gasteiger partial charge in [0.15, 0.2) is 5.65 Å². The predicted molar refractivity (Wildman–Crippen MR) is 94.2 cm³/mol. The molecule has 0 radical (unpaired) electrons. The number of carbonyl (C=O) groups excluding carboxylic acids is 1. The molecule has 0 aliphatic rings. The second-order valence-electron chi connectivity index (χ2n) is 5.91. The zero-order valence-corrected chi connectivity index (χ0v) is 13.8. The van der Waals surface area contributed by atoms with E-state index < -0.39 is 5.63 Å². The molecular weight excluding hydrogens is 336 g/mol. The number of nitrogens with zero attached hydrogens (tertiary/aromatic N) is 3. The van der Waals surface area contributed by atoms with Crippen molar-refractivity contribution in [3.8, 4) is 5.75 Å². The van der Waals surface area contributed by atoms with Crippen LogP contribution in [0.1, 0.15) is 11.1 Å². The lowest BCUT2D eigenvalue weighted by Crippen LogP contribution is -2.20. The number of hydrogen-bond acceptors (Lipinski definition) is 6. The molecule has 0 unspecified atom stereocenters. The fraction of sp³-hybridized carbons (Fsp3) is 0.111. The SMILES string of the molecule is Cc1c(CC(=O)Nc2ccc3nncn3c2)c(=O)oc2cc(O)ccc12. The molecule has 0 bridgehead atoms. The Morgan fingerprint density at radius 2 is 2.15 bits per heavy atom. The second-order valence-corrected chi connectivity index (χ2v) is 5.91. The summed E-state index contributed by atoms with van der Waals surface area (Å²) in [5.41, 5.74) is 1.86. The Labute approximate surface area is 146 Å². The van der Waals surface area contributed by atoms with Gasteiger partial charge in [-0.3, -0.25) is 9.20 Å². The number of benzene rings is 1. The van der Waals surface area contributed by atoms with Gasteiger partial charge < -0.3 is 14.8 Å². The van der Waals surface area contributed by atoms with Crippen LogP contribution in [0.5, 0.6) is 5.75 Å². The van der Waals surface area contributed by atoms with Crippen molar-refractivity contribution >= 4 is 28.2 Å². The first kappa shape index (κ1) is 15.8. The number of aryl methyl sites for hydroxylation is 1. The first-order valence-corrected chi connectivity index (χ1v) is 7.86. The van der Waals surface area contributed by atoms with Gasteiger partial charge in [-0.2, -0.15) is 0 Å². The van der Waals surface area contributed by atoms with Crippen LogP contribution in [0.4, 0.5) is 5.69 Å². The predicted octanol–water partition coefficient (Wildman–Crippen LogP) is 2.03. The van der Waals surface area contributed by atoms with E-state index in [0.717, 1.165) is 0 Å². The maximum absolute atomic E-state index is 12.4. The molecule has 8 heteroatoms. The van der Waals surface area contributed by atoms with E-state index in [9.17, 15) is 14.7 Å². The van der Waals surface area contributed by atoms with E-state index in [4.69, 9.17) is 4.42 Å². The van der Waals surface area contributed by atoms with Crippen LogP contribution in [-0.4, -0.2) is 25.6 Å². The van der Waals surface area contributed by atoms with Crippen molar-refractivity contribution in [1.29, 1.82) is 0 Å². The van der Waals surface area contributed by atoms with Gasteiger partial charge in [-0.05, 0) is 36.8 Å². The van der Waals surface area contributed by atoms with E-state index in [0.29, 0.717) is 22.3 Å². The van der Waals surface area contributed by atoms with Crippen molar-refractivity contribution in [3.05, 3.63) is 64.4 Å². The normalized spacial score (nSPS) is 11.1. The third kappa shape index (κ3) is 2.77. The first-order chi connectivity index (χ1) is 12.5. The van der Waals surface area contributed by atoms with Gasteiger partial charge in [0.05, 0.1) is 17.7 Å². The van der Waals surface area contributed by atoms with Gasteiger partial charge in [0, 0.05) is 17.6 Å². The summed E-state index contributed by atoms with van der Waals surface area (Å²) in [6.07, 6.45) is 3.10. The molecule has 0 aliphatic carbocycles. The van der Waals surface area contributed by atoms with Crippen molar-refractivity contribution in [3.63, 3.8) is 0 Å². The molecule has 0 atom stereocenters. The van der Waals surface area contributed by atoms with E-state index in [1.807, 2.05) is 0 Å². The largest absolute Gasteiger partial charge is 0.508 e. The van der Waals surface area contributed by atoms with Crippen LogP contribution in [0.15, 0.2) is 52.1 Å². The second kappa shape index (κ2) is 5.99. The number of pyridine rings is 1. The highest BCUT2D eigenvalue weighted by atomic mass is 16.4. The Kier molecular flexibility index (Phi) is 3.65. The smallest absolute Gasteiger partial charge is 0.340 e. The molecule has 3 heterocycles. The lowest BCUT2D eigenvalue weighted by Gasteiger charge is -2.09. The summed E-state index contributed by atoms with van der Waals surface area (Å²) in [5.74, 6) is -0.333. The molecule has 0 saturated carbocycles. The van der Waals surface area contributed by atoms with E-state index >= 15 is 0 Å². The molecular formula is C18H14N4O4. The van der Waals surface area contributed by atoms with Gasteiger partial charge >= 0.3 is 5.63 Å². The van der Waals surface area contributed by atoms with Crippen LogP contribution in [0.25, 0.3) is 16.6 Å². The number of phenolic OH excluding ortho intramolecular Hbond substituents is 1. The highest BCUT2D eigenvalue weighted by Gasteiger charge is 2.15. The van der Waals surface area contributed by atoms with Gasteiger partial charge in [0.2, 0.25) is 5.91 Å². The Hall–Kier alpha value is -3.68. The number of anilines is 1. The molecule has 0 fully saturated rings. The molecule has 1 aromatic carbocycles. The van der Waals surface area contributed by atoms with Crippen LogP contribution in [-0.2, 0) is 11.2 Å². The number of aromatic hydroxyl groups is 1. The highest BCUT2D eigenvalue weighted by molar-refractivity contribution is 5.93. The summed E-state index contributed by atoms with van der Waals surface area (Å²) in [6, 6.07) is 7.98. The quantitative estimate of drug-likeness (QED) is 0.547. The lowest BCUT2D eigenvalue weighted by atomic mass is 10.0. The molecule has 4 aromatic rings. The number of hydrogen-bond donors (Lipinski definition) is 2. The van der Waals surface area contributed by atoms with Crippen molar-refractivity contribution in [2.45, 2.75) is 13.3 Å². The van der Waals surface area contributed by atoms with Crippen LogP contribution < -0.4 is 10.9 Å². The summed E-state index contributed by atoms with van der Waals surface area (Å²) in [7, 11) is 0. The van der Waals surface area contributed by atoms with E-state index in [1.165, 1.54) is 18.5 Å². The maximum atomic E-state index is 12.4. The molecule has 0 aliphatic heterocycles. The van der Waals surface area contributed by atoms with Gasteiger partial charge in [0.1, 0.15) is 17.7 Å². The number of phenols is 1. The zero-order valence-electron chi connectivity index (χ0n) is 13.8. The Morgan fingerprint density at radius 3 is 3.00 bits per heavy atom. The van der Waals surface area contributed by atoms with Gasteiger partial charge in [-0.25, -0.2) is 4.79 Å². The van der Waals surface area contributed by atoms with Crippen LogP contribution >= 0.6 is 0 Å². The standard InChI is InChI=1S/C18H14N4O4/c1-10-13-4-3-12(23)6-15(13)26-18(25)14(10)7-17(24)20-11-2-5-16-21-19-9-22(16)8-11/h2-6,8-9,23H,7H2,1H3,(H,20,24). The summed E-state index contributed by atoms with van der Waals surface area (Å²) in [5, 5.41) is 20.6. The Bertz CT molecular complexity index is 1210. The zero-order chi connectivity index (χ0) is 18.3. The lowest BCUT2D eigenvalue weighted by molar-refractivity contribution is -0.115. The van der Waals surface area contributed by atoms with Crippen molar-refractivity contribution < 1.29 is 14.3 Å². The highest BCUT2D eigenvalue weighted by Crippen LogP contribution is 2.23. The minimum atomic E-state index is -0.593. The fourth-order valence-corrected chi connectivity index (χ4v) is 2.85. The maximum Gasteiger partial charge on any atom is 0.340 e. The monoisotopic (exact) mass is 350 g/mol. The average Bonchev–Trinajstić information content (AvgIpc) is 3.06. The van der Waals surface area contributed by atoms with Crippen LogP contribution in [0.2, 0.25) is 0 Å². The average molecular weight is 350 g/mol. The molecule has 2 N–H and O–H groups in total. The molecule has 0 saturated heterocycles. The third-order valence-corrected chi connectivity index (χ3v) is 4.18. The summed E-state index contributed by atoms with van der Waals surface area (Å²) < 4.78 is 6.91. The molecule has 0 spiro atoms. The van der Waals surface area contributed by atoms with Gasteiger partial charge in [-0.15, -0.1) is 10.2 Å². The number of carbonyl (C=O) groups is 1. The molecule has 4 rings (SSSR count). The summed E-state index contributed by atoms with van der Waals surface area (Å²) in [4.78, 5) is 24.6. The topological polar surface area (TPSA) is 110 Å². The van der Waals surface area contributed by atoms with E-state index in [1.54, 1.807) is 35.7 Å². The third-order valence-electron chi connectivity index (χ3n) is 4.18. The first-order valence-electron chi connectivity index (χ1n) is 7.86. The number of amides is 1. The van der Waals surface area contributed by atoms with Crippen molar-refractivity contribution in [2.75, 3.05) is 5.32 Å². The van der Waals surface area contributed by atoms with Gasteiger partial charge in [-0.1, -0.05) is 0 Å². The van der Waals surface area contributed by atoms with E-state index in [-0.39, 0.29) is 29.2 Å². The van der Waals surface area contributed by atoms with E-state index in [2.05, 4.69) is 15.5 Å². The summed E-state index contributed by atoms with van der Waals surface area (Å²) >= 11 is 0. The van der Waals surface area contributed by atoms with Crippen LogP contribution in [0.3, 0.4) is 0 Å². The van der Waals surface area contributed by atoms with Crippen molar-refractivity contribution in [1.82, 2.24) is 14.6 Å². The number of nitrogens with one attached hydrogen (secondary N) is 1. The molecule has 130 valence electrons. The van der Waals surface area contributed by atoms with Crippen molar-refractivity contribution in [2.24, 2.45) is 0 Å². The minimum absolute atomic E-state index is 0.00919. The molecule has 26 heavy (non-hydrogen) atoms. The Balaban J connectivity index is 1.62. The minimum Gasteiger partial charge on any atom is -0.508 e. The molecule has 8 nitrogen and oxygen atoms in total. The summed E-state index contributed by atoms with van der Waals surface area (Å²) in [6.45, 7) is 1.75. The number of aromatic nitrogens is 3. The molecule has 1 amide bonds.